The third-order valence-electron chi connectivity index (χ3n) is 7.11. The van der Waals surface area contributed by atoms with Crippen molar-refractivity contribution in [3.8, 4) is 0 Å². The fourth-order valence-electron chi connectivity index (χ4n) is 5.00. The zero-order valence-electron chi connectivity index (χ0n) is 18.2. The highest BCUT2D eigenvalue weighted by molar-refractivity contribution is 5.78. The minimum Gasteiger partial charge on any atom is -0.385 e. The van der Waals surface area contributed by atoms with Gasteiger partial charge in [-0.25, -0.2) is 0 Å². The van der Waals surface area contributed by atoms with E-state index in [1.54, 1.807) is 7.11 Å². The summed E-state index contributed by atoms with van der Waals surface area (Å²) in [6.45, 7) is 3.66. The average Bonchev–Trinajstić information content (AvgIpc) is 3.30. The summed E-state index contributed by atoms with van der Waals surface area (Å²) in [4.78, 5) is 19.7. The number of carbonyl (C=O) groups excluding carboxylic acids is 1. The lowest BCUT2D eigenvalue weighted by Gasteiger charge is -2.40. The molecule has 2 saturated heterocycles. The van der Waals surface area contributed by atoms with Crippen molar-refractivity contribution >= 4 is 5.91 Å². The number of ether oxygens (including phenoxy) is 2. The molecule has 0 N–H and O–H groups in total. The molecule has 0 aromatic carbocycles. The van der Waals surface area contributed by atoms with E-state index in [0.717, 1.165) is 83.0 Å². The number of amides is 1. The summed E-state index contributed by atoms with van der Waals surface area (Å²) >= 11 is 0. The SMILES string of the molecule is COCCC1(c2noc(C3CCOCC3)n2)CCN(C(=O)CC2=CCCCC2)CC1. The van der Waals surface area contributed by atoms with E-state index >= 15 is 0 Å². The molecule has 7 heteroatoms. The molecule has 0 atom stereocenters. The van der Waals surface area contributed by atoms with Crippen LogP contribution in [-0.4, -0.2) is 61.0 Å². The molecule has 1 aromatic heterocycles. The number of aromatic nitrogens is 2. The predicted molar refractivity (Wildman–Crippen MR) is 112 cm³/mol. The third-order valence-corrected chi connectivity index (χ3v) is 7.11. The first kappa shape index (κ1) is 21.5. The molecule has 3 aliphatic rings. The second-order valence-corrected chi connectivity index (χ2v) is 9.03. The average molecular weight is 418 g/mol. The van der Waals surface area contributed by atoms with E-state index in [1.165, 1.54) is 18.4 Å². The molecular weight excluding hydrogens is 382 g/mol. The van der Waals surface area contributed by atoms with Crippen LogP contribution >= 0.6 is 0 Å². The van der Waals surface area contributed by atoms with Crippen molar-refractivity contribution in [2.24, 2.45) is 0 Å². The highest BCUT2D eigenvalue weighted by Crippen LogP contribution is 2.39. The van der Waals surface area contributed by atoms with Crippen LogP contribution in [0.5, 0.6) is 0 Å². The second-order valence-electron chi connectivity index (χ2n) is 9.03. The van der Waals surface area contributed by atoms with Gasteiger partial charge >= 0.3 is 0 Å². The summed E-state index contributed by atoms with van der Waals surface area (Å²) in [6, 6.07) is 0. The number of nitrogens with zero attached hydrogens (tertiary/aromatic N) is 3. The van der Waals surface area contributed by atoms with Gasteiger partial charge in [-0.1, -0.05) is 16.8 Å². The zero-order valence-corrected chi connectivity index (χ0v) is 18.2. The van der Waals surface area contributed by atoms with Crippen LogP contribution in [-0.2, 0) is 19.7 Å². The summed E-state index contributed by atoms with van der Waals surface area (Å²) in [5, 5.41) is 4.41. The van der Waals surface area contributed by atoms with E-state index in [9.17, 15) is 4.79 Å². The number of allylic oxidation sites excluding steroid dienone is 1. The molecule has 2 fully saturated rings. The fourth-order valence-corrected chi connectivity index (χ4v) is 5.00. The van der Waals surface area contributed by atoms with Gasteiger partial charge in [0.1, 0.15) is 0 Å². The Hall–Kier alpha value is -1.73. The quantitative estimate of drug-likeness (QED) is 0.629. The van der Waals surface area contributed by atoms with Crippen molar-refractivity contribution in [2.45, 2.75) is 75.5 Å². The molecule has 0 spiro atoms. The first-order chi connectivity index (χ1) is 14.7. The number of rotatable bonds is 7. The number of piperidine rings is 1. The Bertz CT molecular complexity index is 731. The molecule has 2 aliphatic heterocycles. The molecule has 7 nitrogen and oxygen atoms in total. The topological polar surface area (TPSA) is 77.7 Å². The normalized spacial score (nSPS) is 22.7. The van der Waals surface area contributed by atoms with Crippen molar-refractivity contribution in [1.29, 1.82) is 0 Å². The molecule has 0 saturated carbocycles. The maximum absolute atomic E-state index is 12.8. The van der Waals surface area contributed by atoms with Crippen molar-refractivity contribution in [3.05, 3.63) is 23.4 Å². The summed E-state index contributed by atoms with van der Waals surface area (Å²) in [5.41, 5.74) is 1.14. The van der Waals surface area contributed by atoms with E-state index in [0.29, 0.717) is 18.9 Å². The smallest absolute Gasteiger partial charge is 0.229 e. The van der Waals surface area contributed by atoms with Crippen molar-refractivity contribution in [1.82, 2.24) is 15.0 Å². The van der Waals surface area contributed by atoms with E-state index < -0.39 is 0 Å². The minimum absolute atomic E-state index is 0.177. The Kier molecular flexibility index (Phi) is 7.20. The van der Waals surface area contributed by atoms with Gasteiger partial charge in [0, 0.05) is 57.8 Å². The van der Waals surface area contributed by atoms with Crippen LogP contribution in [0.1, 0.15) is 81.8 Å². The van der Waals surface area contributed by atoms with Crippen LogP contribution in [0.4, 0.5) is 0 Å². The Morgan fingerprint density at radius 3 is 2.77 bits per heavy atom. The van der Waals surface area contributed by atoms with Crippen molar-refractivity contribution < 1.29 is 18.8 Å². The van der Waals surface area contributed by atoms with Gasteiger partial charge in [-0.15, -0.1) is 0 Å². The van der Waals surface area contributed by atoms with Gasteiger partial charge in [0.2, 0.25) is 11.8 Å². The predicted octanol–water partition coefficient (Wildman–Crippen LogP) is 3.75. The van der Waals surface area contributed by atoms with Crippen LogP contribution < -0.4 is 0 Å². The van der Waals surface area contributed by atoms with Gasteiger partial charge in [0.05, 0.1) is 0 Å². The lowest BCUT2D eigenvalue weighted by Crippen LogP contribution is -2.46. The molecular formula is C23H35N3O4. The van der Waals surface area contributed by atoms with Gasteiger partial charge in [-0.3, -0.25) is 4.79 Å². The maximum atomic E-state index is 12.8. The fraction of sp³-hybridized carbons (Fsp3) is 0.783. The van der Waals surface area contributed by atoms with E-state index in [2.05, 4.69) is 11.2 Å². The summed E-state index contributed by atoms with van der Waals surface area (Å²) < 4.78 is 16.5. The lowest BCUT2D eigenvalue weighted by atomic mass is 9.75. The molecule has 1 aliphatic carbocycles. The van der Waals surface area contributed by atoms with Gasteiger partial charge < -0.3 is 18.9 Å². The number of hydrogen-bond acceptors (Lipinski definition) is 6. The highest BCUT2D eigenvalue weighted by atomic mass is 16.5. The third kappa shape index (κ3) is 4.94. The Morgan fingerprint density at radius 2 is 2.07 bits per heavy atom. The molecule has 0 bridgehead atoms. The van der Waals surface area contributed by atoms with Crippen molar-refractivity contribution in [3.63, 3.8) is 0 Å². The zero-order chi connectivity index (χ0) is 20.8. The van der Waals surface area contributed by atoms with Crippen molar-refractivity contribution in [2.75, 3.05) is 40.0 Å². The van der Waals surface area contributed by atoms with Gasteiger partial charge in [0.15, 0.2) is 5.82 Å². The van der Waals surface area contributed by atoms with Crippen LogP contribution in [0.2, 0.25) is 0 Å². The number of methoxy groups -OCH3 is 1. The summed E-state index contributed by atoms with van der Waals surface area (Å²) in [7, 11) is 1.73. The van der Waals surface area contributed by atoms with E-state index in [1.807, 2.05) is 4.90 Å². The van der Waals surface area contributed by atoms with Crippen LogP contribution in [0.25, 0.3) is 0 Å². The van der Waals surface area contributed by atoms with E-state index in [4.69, 9.17) is 19.0 Å². The van der Waals surface area contributed by atoms with Gasteiger partial charge in [-0.05, 0) is 57.8 Å². The molecule has 0 unspecified atom stereocenters. The molecule has 166 valence electrons. The standard InChI is InChI=1S/C23H35N3O4/c1-28-16-11-23(22-24-21(30-25-22)19-7-14-29-15-8-19)9-12-26(13-10-23)20(27)17-18-5-3-2-4-6-18/h5,19H,2-4,6-17H2,1H3. The van der Waals surface area contributed by atoms with Crippen LogP contribution in [0.3, 0.4) is 0 Å². The number of likely N-dealkylation sites (tertiary alicyclic amines) is 1. The molecule has 0 radical (unpaired) electrons. The summed E-state index contributed by atoms with van der Waals surface area (Å²) in [6.07, 6.45) is 12.0. The van der Waals surface area contributed by atoms with Crippen LogP contribution in [0.15, 0.2) is 16.2 Å². The maximum Gasteiger partial charge on any atom is 0.229 e. The molecule has 1 aromatic rings. The first-order valence-electron chi connectivity index (χ1n) is 11.6. The summed E-state index contributed by atoms with van der Waals surface area (Å²) in [5.74, 6) is 2.10. The van der Waals surface area contributed by atoms with E-state index in [-0.39, 0.29) is 11.3 Å². The Labute approximate surface area is 179 Å². The van der Waals surface area contributed by atoms with Crippen LogP contribution in [0, 0.1) is 0 Å². The number of hydrogen-bond donors (Lipinski definition) is 0. The number of carbonyl (C=O) groups is 1. The minimum atomic E-state index is -0.177. The monoisotopic (exact) mass is 417 g/mol. The molecule has 30 heavy (non-hydrogen) atoms. The molecule has 1 amide bonds. The Balaban J connectivity index is 1.41. The second kappa shape index (κ2) is 10.1. The van der Waals surface area contributed by atoms with Gasteiger partial charge in [0.25, 0.3) is 0 Å². The van der Waals surface area contributed by atoms with Gasteiger partial charge in [-0.2, -0.15) is 4.98 Å². The lowest BCUT2D eigenvalue weighted by molar-refractivity contribution is -0.132. The highest BCUT2D eigenvalue weighted by Gasteiger charge is 2.41. The Morgan fingerprint density at radius 1 is 1.27 bits per heavy atom. The first-order valence-corrected chi connectivity index (χ1v) is 11.6. The molecule has 3 heterocycles. The molecule has 4 rings (SSSR count). The largest absolute Gasteiger partial charge is 0.385 e.